The predicted molar refractivity (Wildman–Crippen MR) is 110 cm³/mol. The molecule has 0 aliphatic carbocycles. The number of amides is 4. The molecule has 0 spiro atoms. The van der Waals surface area contributed by atoms with Gasteiger partial charge in [0, 0.05) is 13.0 Å². The first-order valence-corrected chi connectivity index (χ1v) is 9.64. The fourth-order valence-electron chi connectivity index (χ4n) is 3.14. The van der Waals surface area contributed by atoms with E-state index in [1.54, 1.807) is 38.5 Å². The highest BCUT2D eigenvalue weighted by atomic mass is 16.5. The lowest BCUT2D eigenvalue weighted by molar-refractivity contribution is -0.128. The van der Waals surface area contributed by atoms with Crippen molar-refractivity contribution in [1.29, 1.82) is 0 Å². The molecule has 8 heteroatoms. The smallest absolute Gasteiger partial charge is 0.325 e. The molecule has 1 fully saturated rings. The molecule has 2 aromatic carbocycles. The van der Waals surface area contributed by atoms with Gasteiger partial charge in [-0.1, -0.05) is 24.3 Å². The first-order chi connectivity index (χ1) is 14.5. The third-order valence-electron chi connectivity index (χ3n) is 4.92. The molecule has 8 nitrogen and oxygen atoms in total. The summed E-state index contributed by atoms with van der Waals surface area (Å²) in [5.41, 5.74) is 1.76. The van der Waals surface area contributed by atoms with Crippen LogP contribution in [0.1, 0.15) is 24.0 Å². The summed E-state index contributed by atoms with van der Waals surface area (Å²) in [4.78, 5) is 38.1. The van der Waals surface area contributed by atoms with Crippen LogP contribution in [-0.4, -0.2) is 43.0 Å². The molecule has 30 heavy (non-hydrogen) atoms. The number of hydrogen-bond acceptors (Lipinski definition) is 5. The van der Waals surface area contributed by atoms with Crippen LogP contribution < -0.4 is 20.1 Å². The third kappa shape index (κ3) is 5.28. The minimum absolute atomic E-state index is 0.142. The van der Waals surface area contributed by atoms with E-state index in [0.29, 0.717) is 12.3 Å². The molecule has 3 rings (SSSR count). The molecule has 1 heterocycles. The highest BCUT2D eigenvalue weighted by molar-refractivity contribution is 6.04. The van der Waals surface area contributed by atoms with E-state index < -0.39 is 12.1 Å². The molecule has 2 N–H and O–H groups in total. The molecular weight excluding hydrogens is 386 g/mol. The second kappa shape index (κ2) is 9.78. The van der Waals surface area contributed by atoms with Gasteiger partial charge in [-0.15, -0.1) is 0 Å². The maximum atomic E-state index is 12.6. The predicted octanol–water partition coefficient (Wildman–Crippen LogP) is 2.22. The fraction of sp³-hybridized carbons (Fsp3) is 0.318. The summed E-state index contributed by atoms with van der Waals surface area (Å²) in [6, 6.07) is 13.4. The number of carbonyl (C=O) groups excluding carboxylic acids is 3. The summed E-state index contributed by atoms with van der Waals surface area (Å²) in [5, 5.41) is 5.48. The second-order valence-electron chi connectivity index (χ2n) is 6.94. The molecule has 4 amide bonds. The monoisotopic (exact) mass is 411 g/mol. The average Bonchev–Trinajstić information content (AvgIpc) is 3.04. The Morgan fingerprint density at radius 1 is 0.967 bits per heavy atom. The minimum Gasteiger partial charge on any atom is -0.497 e. The van der Waals surface area contributed by atoms with E-state index in [9.17, 15) is 14.4 Å². The fourth-order valence-corrected chi connectivity index (χ4v) is 3.14. The standard InChI is InChI=1S/C22H25N3O5/c1-29-17-7-3-15(4-8-17)13-23-20(26)12-11-19-21(27)25(22(28)24-19)14-16-5-9-18(30-2)10-6-16/h3-10,19H,11-14H2,1-2H3,(H,23,26)(H,24,28). The summed E-state index contributed by atoms with van der Waals surface area (Å²) in [5.74, 6) is 0.953. The van der Waals surface area contributed by atoms with E-state index in [-0.39, 0.29) is 31.2 Å². The molecule has 1 aliphatic heterocycles. The summed E-state index contributed by atoms with van der Waals surface area (Å²) in [6.07, 6.45) is 0.390. The van der Waals surface area contributed by atoms with Gasteiger partial charge in [0.15, 0.2) is 0 Å². The summed E-state index contributed by atoms with van der Waals surface area (Å²) >= 11 is 0. The third-order valence-corrected chi connectivity index (χ3v) is 4.92. The Morgan fingerprint density at radius 3 is 2.10 bits per heavy atom. The molecule has 0 radical (unpaired) electrons. The van der Waals surface area contributed by atoms with E-state index in [4.69, 9.17) is 9.47 Å². The lowest BCUT2D eigenvalue weighted by Crippen LogP contribution is -2.32. The van der Waals surface area contributed by atoms with Crippen LogP contribution in [0.3, 0.4) is 0 Å². The molecule has 1 atom stereocenters. The molecule has 158 valence electrons. The van der Waals surface area contributed by atoms with Gasteiger partial charge >= 0.3 is 6.03 Å². The van der Waals surface area contributed by atoms with Crippen LogP contribution >= 0.6 is 0 Å². The van der Waals surface area contributed by atoms with Gasteiger partial charge in [0.2, 0.25) is 5.91 Å². The Morgan fingerprint density at radius 2 is 1.53 bits per heavy atom. The molecule has 0 bridgehead atoms. The van der Waals surface area contributed by atoms with Crippen LogP contribution in [0.5, 0.6) is 11.5 Å². The van der Waals surface area contributed by atoms with Crippen molar-refractivity contribution < 1.29 is 23.9 Å². The number of methoxy groups -OCH3 is 2. The van der Waals surface area contributed by atoms with Crippen molar-refractivity contribution in [2.75, 3.05) is 14.2 Å². The van der Waals surface area contributed by atoms with E-state index >= 15 is 0 Å². The number of benzene rings is 2. The van der Waals surface area contributed by atoms with Crippen LogP contribution in [0.4, 0.5) is 4.79 Å². The number of hydrogen-bond donors (Lipinski definition) is 2. The number of rotatable bonds is 9. The Kier molecular flexibility index (Phi) is 6.90. The zero-order valence-electron chi connectivity index (χ0n) is 17.0. The minimum atomic E-state index is -0.692. The molecule has 1 aliphatic rings. The topological polar surface area (TPSA) is 97.0 Å². The summed E-state index contributed by atoms with van der Waals surface area (Å²) in [7, 11) is 3.17. The average molecular weight is 411 g/mol. The number of ether oxygens (including phenoxy) is 2. The van der Waals surface area contributed by atoms with Crippen molar-refractivity contribution in [2.45, 2.75) is 32.0 Å². The Hall–Kier alpha value is -3.55. The van der Waals surface area contributed by atoms with E-state index in [2.05, 4.69) is 10.6 Å². The normalized spacial score (nSPS) is 15.7. The quantitative estimate of drug-likeness (QED) is 0.617. The van der Waals surface area contributed by atoms with E-state index in [1.807, 2.05) is 24.3 Å². The largest absolute Gasteiger partial charge is 0.497 e. The molecule has 1 unspecified atom stereocenters. The lowest BCUT2D eigenvalue weighted by atomic mass is 10.1. The maximum Gasteiger partial charge on any atom is 0.325 e. The molecule has 0 aromatic heterocycles. The number of urea groups is 1. The van der Waals surface area contributed by atoms with E-state index in [1.165, 1.54) is 4.90 Å². The van der Waals surface area contributed by atoms with Crippen molar-refractivity contribution in [1.82, 2.24) is 15.5 Å². The second-order valence-corrected chi connectivity index (χ2v) is 6.94. The van der Waals surface area contributed by atoms with Gasteiger partial charge in [-0.05, 0) is 41.8 Å². The summed E-state index contributed by atoms with van der Waals surface area (Å²) < 4.78 is 10.2. The van der Waals surface area contributed by atoms with Crippen molar-refractivity contribution in [3.05, 3.63) is 59.7 Å². The molecule has 2 aromatic rings. The van der Waals surface area contributed by atoms with Crippen molar-refractivity contribution in [3.8, 4) is 11.5 Å². The van der Waals surface area contributed by atoms with Crippen molar-refractivity contribution in [2.24, 2.45) is 0 Å². The van der Waals surface area contributed by atoms with Crippen LogP contribution in [-0.2, 0) is 22.7 Å². The number of carbonyl (C=O) groups is 3. The first-order valence-electron chi connectivity index (χ1n) is 9.64. The van der Waals surface area contributed by atoms with Crippen molar-refractivity contribution >= 4 is 17.8 Å². The van der Waals surface area contributed by atoms with E-state index in [0.717, 1.165) is 16.9 Å². The Balaban J connectivity index is 1.46. The highest BCUT2D eigenvalue weighted by Gasteiger charge is 2.37. The molecule has 0 saturated carbocycles. The Bertz CT molecular complexity index is 896. The van der Waals surface area contributed by atoms with Gasteiger partial charge in [0.25, 0.3) is 5.91 Å². The van der Waals surface area contributed by atoms with Gasteiger partial charge in [-0.3, -0.25) is 14.5 Å². The number of nitrogens with zero attached hydrogens (tertiary/aromatic N) is 1. The lowest BCUT2D eigenvalue weighted by Gasteiger charge is -2.13. The number of nitrogens with one attached hydrogen (secondary N) is 2. The molecule has 1 saturated heterocycles. The first kappa shape index (κ1) is 21.2. The van der Waals surface area contributed by atoms with Gasteiger partial charge in [-0.25, -0.2) is 4.79 Å². The van der Waals surface area contributed by atoms with Gasteiger partial charge in [0.05, 0.1) is 20.8 Å². The molecular formula is C22H25N3O5. The van der Waals surface area contributed by atoms with Gasteiger partial charge in [0.1, 0.15) is 17.5 Å². The zero-order valence-corrected chi connectivity index (χ0v) is 17.0. The van der Waals surface area contributed by atoms with Crippen LogP contribution in [0.25, 0.3) is 0 Å². The Labute approximate surface area is 175 Å². The van der Waals surface area contributed by atoms with Crippen molar-refractivity contribution in [3.63, 3.8) is 0 Å². The van der Waals surface area contributed by atoms with Crippen LogP contribution in [0.2, 0.25) is 0 Å². The summed E-state index contributed by atoms with van der Waals surface area (Å²) in [6.45, 7) is 0.562. The van der Waals surface area contributed by atoms with Crippen LogP contribution in [0.15, 0.2) is 48.5 Å². The zero-order chi connectivity index (χ0) is 21.5. The maximum absolute atomic E-state index is 12.6. The highest BCUT2D eigenvalue weighted by Crippen LogP contribution is 2.17. The van der Waals surface area contributed by atoms with Gasteiger partial charge < -0.3 is 20.1 Å². The van der Waals surface area contributed by atoms with Crippen LogP contribution in [0, 0.1) is 0 Å². The SMILES string of the molecule is COc1ccc(CNC(=O)CCC2NC(=O)N(Cc3ccc(OC)cc3)C2=O)cc1. The number of imide groups is 1. The van der Waals surface area contributed by atoms with Gasteiger partial charge in [-0.2, -0.15) is 0 Å².